The molecule has 0 fully saturated rings. The average molecular weight is 284 g/mol. The quantitative estimate of drug-likeness (QED) is 0.876. The first-order chi connectivity index (χ1) is 10.2. The number of aromatic nitrogens is 1. The van der Waals surface area contributed by atoms with E-state index in [1.165, 1.54) is 22.3 Å². The number of hydrogen-bond acceptors (Lipinski definition) is 3. The number of pyridine rings is 1. The number of nitrogens with zero attached hydrogens (tertiary/aromatic N) is 1. The molecule has 112 valence electrons. The van der Waals surface area contributed by atoms with Crippen LogP contribution in [0.1, 0.15) is 41.6 Å². The van der Waals surface area contributed by atoms with E-state index in [1.54, 1.807) is 7.11 Å². The molecule has 21 heavy (non-hydrogen) atoms. The Kier molecular flexibility index (Phi) is 5.34. The fourth-order valence-electron chi connectivity index (χ4n) is 2.56. The van der Waals surface area contributed by atoms with Crippen LogP contribution in [0.15, 0.2) is 36.7 Å². The number of nitrogens with one attached hydrogen (secondary N) is 1. The van der Waals surface area contributed by atoms with Crippen LogP contribution in [0.25, 0.3) is 0 Å². The van der Waals surface area contributed by atoms with Crippen molar-refractivity contribution >= 4 is 0 Å². The molecule has 2 aromatic rings. The molecule has 0 bridgehead atoms. The van der Waals surface area contributed by atoms with Crippen molar-refractivity contribution in [3.05, 3.63) is 58.9 Å². The second-order valence-corrected chi connectivity index (χ2v) is 5.30. The van der Waals surface area contributed by atoms with Gasteiger partial charge in [0, 0.05) is 18.0 Å². The van der Waals surface area contributed by atoms with Gasteiger partial charge in [0.05, 0.1) is 13.2 Å². The molecule has 1 unspecified atom stereocenters. The number of benzene rings is 1. The third kappa shape index (κ3) is 3.42. The van der Waals surface area contributed by atoms with Crippen LogP contribution in [-0.4, -0.2) is 18.6 Å². The zero-order valence-corrected chi connectivity index (χ0v) is 13.3. The molecular weight excluding hydrogens is 260 g/mol. The highest BCUT2D eigenvalue weighted by Gasteiger charge is 2.19. The number of rotatable bonds is 6. The smallest absolute Gasteiger partial charge is 0.127 e. The summed E-state index contributed by atoms with van der Waals surface area (Å²) in [5.41, 5.74) is 4.84. The van der Waals surface area contributed by atoms with Crippen LogP contribution in [0.3, 0.4) is 0 Å². The molecule has 0 saturated heterocycles. The molecule has 1 heterocycles. The van der Waals surface area contributed by atoms with E-state index in [0.717, 1.165) is 18.7 Å². The van der Waals surface area contributed by atoms with E-state index in [0.29, 0.717) is 0 Å². The standard InChI is InChI=1S/C18H24N2O/c1-5-10-20-17(15-8-11-19-12-9-15)16-7-6-13(2)14(3)18(16)21-4/h6-9,11-12,17,20H,5,10H2,1-4H3. The summed E-state index contributed by atoms with van der Waals surface area (Å²) in [4.78, 5) is 4.12. The van der Waals surface area contributed by atoms with Crippen molar-refractivity contribution in [3.63, 3.8) is 0 Å². The highest BCUT2D eigenvalue weighted by atomic mass is 16.5. The SMILES string of the molecule is CCCNC(c1ccncc1)c1ccc(C)c(C)c1OC. The van der Waals surface area contributed by atoms with Crippen LogP contribution in [0.5, 0.6) is 5.75 Å². The number of hydrogen-bond donors (Lipinski definition) is 1. The van der Waals surface area contributed by atoms with Crippen LogP contribution >= 0.6 is 0 Å². The lowest BCUT2D eigenvalue weighted by atomic mass is 9.94. The summed E-state index contributed by atoms with van der Waals surface area (Å²) < 4.78 is 5.68. The first-order valence-corrected chi connectivity index (χ1v) is 7.46. The van der Waals surface area contributed by atoms with Gasteiger partial charge in [-0.1, -0.05) is 19.1 Å². The summed E-state index contributed by atoms with van der Waals surface area (Å²) in [5.74, 6) is 0.973. The monoisotopic (exact) mass is 284 g/mol. The first kappa shape index (κ1) is 15.5. The Labute approximate surface area is 127 Å². The van der Waals surface area contributed by atoms with Crippen molar-refractivity contribution in [3.8, 4) is 5.75 Å². The van der Waals surface area contributed by atoms with Crippen molar-refractivity contribution in [1.29, 1.82) is 0 Å². The molecule has 1 N–H and O–H groups in total. The molecular formula is C18H24N2O. The van der Waals surface area contributed by atoms with Gasteiger partial charge in [0.25, 0.3) is 0 Å². The van der Waals surface area contributed by atoms with Crippen LogP contribution in [-0.2, 0) is 0 Å². The highest BCUT2D eigenvalue weighted by Crippen LogP contribution is 2.34. The van der Waals surface area contributed by atoms with E-state index in [4.69, 9.17) is 4.74 Å². The van der Waals surface area contributed by atoms with Crippen LogP contribution < -0.4 is 10.1 Å². The molecule has 3 heteroatoms. The van der Waals surface area contributed by atoms with E-state index in [9.17, 15) is 0 Å². The molecule has 3 nitrogen and oxygen atoms in total. The molecule has 0 radical (unpaired) electrons. The Bertz CT molecular complexity index is 581. The lowest BCUT2D eigenvalue weighted by Gasteiger charge is -2.23. The second-order valence-electron chi connectivity index (χ2n) is 5.30. The summed E-state index contributed by atoms with van der Waals surface area (Å²) in [7, 11) is 1.74. The lowest BCUT2D eigenvalue weighted by molar-refractivity contribution is 0.400. The maximum Gasteiger partial charge on any atom is 0.127 e. The Balaban J connectivity index is 2.49. The molecule has 2 rings (SSSR count). The summed E-state index contributed by atoms with van der Waals surface area (Å²) >= 11 is 0. The molecule has 0 spiro atoms. The van der Waals surface area contributed by atoms with Crippen molar-refractivity contribution in [2.75, 3.05) is 13.7 Å². The van der Waals surface area contributed by atoms with Crippen LogP contribution in [0, 0.1) is 13.8 Å². The number of aryl methyl sites for hydroxylation is 1. The number of ether oxygens (including phenoxy) is 1. The highest BCUT2D eigenvalue weighted by molar-refractivity contribution is 5.49. The van der Waals surface area contributed by atoms with Crippen molar-refractivity contribution in [1.82, 2.24) is 10.3 Å². The van der Waals surface area contributed by atoms with Gasteiger partial charge >= 0.3 is 0 Å². The minimum absolute atomic E-state index is 0.127. The summed E-state index contributed by atoms with van der Waals surface area (Å²) in [6.07, 6.45) is 4.77. The number of methoxy groups -OCH3 is 1. The maximum absolute atomic E-state index is 5.68. The fourth-order valence-corrected chi connectivity index (χ4v) is 2.56. The van der Waals surface area contributed by atoms with Gasteiger partial charge in [0.2, 0.25) is 0 Å². The molecule has 0 amide bonds. The topological polar surface area (TPSA) is 34.2 Å². The Morgan fingerprint density at radius 3 is 2.48 bits per heavy atom. The molecule has 1 atom stereocenters. The third-order valence-electron chi connectivity index (χ3n) is 3.86. The molecule has 0 aliphatic heterocycles. The van der Waals surface area contributed by atoms with Crippen LogP contribution in [0.2, 0.25) is 0 Å². The maximum atomic E-state index is 5.68. The molecule has 1 aromatic heterocycles. The van der Waals surface area contributed by atoms with Crippen molar-refractivity contribution in [2.24, 2.45) is 0 Å². The van der Waals surface area contributed by atoms with E-state index in [1.807, 2.05) is 12.4 Å². The van der Waals surface area contributed by atoms with Gasteiger partial charge in [-0.25, -0.2) is 0 Å². The Hall–Kier alpha value is -1.87. The third-order valence-corrected chi connectivity index (χ3v) is 3.86. The molecule has 0 aliphatic carbocycles. The predicted octanol–water partition coefficient (Wildman–Crippen LogP) is 3.80. The van der Waals surface area contributed by atoms with E-state index >= 15 is 0 Å². The van der Waals surface area contributed by atoms with Gasteiger partial charge in [-0.15, -0.1) is 0 Å². The minimum Gasteiger partial charge on any atom is -0.496 e. The Morgan fingerprint density at radius 1 is 1.14 bits per heavy atom. The van der Waals surface area contributed by atoms with Gasteiger partial charge in [0.1, 0.15) is 5.75 Å². The lowest BCUT2D eigenvalue weighted by Crippen LogP contribution is -2.24. The molecule has 0 saturated carbocycles. The zero-order valence-electron chi connectivity index (χ0n) is 13.3. The normalized spacial score (nSPS) is 12.2. The minimum atomic E-state index is 0.127. The fraction of sp³-hybridized carbons (Fsp3) is 0.389. The van der Waals surface area contributed by atoms with Crippen molar-refractivity contribution in [2.45, 2.75) is 33.2 Å². The first-order valence-electron chi connectivity index (χ1n) is 7.46. The zero-order chi connectivity index (χ0) is 15.2. The van der Waals surface area contributed by atoms with Crippen LogP contribution in [0.4, 0.5) is 0 Å². The predicted molar refractivity (Wildman–Crippen MR) is 86.8 cm³/mol. The largest absolute Gasteiger partial charge is 0.496 e. The van der Waals surface area contributed by atoms with Gasteiger partial charge in [-0.3, -0.25) is 4.98 Å². The molecule has 0 aliphatic rings. The molecule has 1 aromatic carbocycles. The van der Waals surface area contributed by atoms with Gasteiger partial charge in [-0.2, -0.15) is 0 Å². The van der Waals surface area contributed by atoms with Gasteiger partial charge in [-0.05, 0) is 55.6 Å². The van der Waals surface area contributed by atoms with E-state index in [2.05, 4.69) is 55.3 Å². The van der Waals surface area contributed by atoms with E-state index in [-0.39, 0.29) is 6.04 Å². The van der Waals surface area contributed by atoms with Gasteiger partial charge < -0.3 is 10.1 Å². The second kappa shape index (κ2) is 7.23. The summed E-state index contributed by atoms with van der Waals surface area (Å²) in [6, 6.07) is 8.57. The van der Waals surface area contributed by atoms with Gasteiger partial charge in [0.15, 0.2) is 0 Å². The van der Waals surface area contributed by atoms with E-state index < -0.39 is 0 Å². The summed E-state index contributed by atoms with van der Waals surface area (Å²) in [5, 5.41) is 3.62. The Morgan fingerprint density at radius 2 is 1.86 bits per heavy atom. The average Bonchev–Trinajstić information content (AvgIpc) is 2.52. The van der Waals surface area contributed by atoms with Crippen molar-refractivity contribution < 1.29 is 4.74 Å². The summed E-state index contributed by atoms with van der Waals surface area (Å²) in [6.45, 7) is 7.36.